The number of rotatable bonds is 1. The second kappa shape index (κ2) is 2.85. The quantitative estimate of drug-likeness (QED) is 0.619. The van der Waals surface area contributed by atoms with Crippen molar-refractivity contribution in [3.63, 3.8) is 0 Å². The molecule has 2 aliphatic rings. The molecule has 1 saturated heterocycles. The fourth-order valence-corrected chi connectivity index (χ4v) is 2.60. The van der Waals surface area contributed by atoms with Gasteiger partial charge in [-0.2, -0.15) is 11.8 Å². The molecule has 1 atom stereocenters. The van der Waals surface area contributed by atoms with E-state index in [0.29, 0.717) is 11.8 Å². The van der Waals surface area contributed by atoms with Crippen molar-refractivity contribution in [1.29, 1.82) is 0 Å². The Kier molecular flexibility index (Phi) is 1.85. The zero-order valence-corrected chi connectivity index (χ0v) is 6.99. The summed E-state index contributed by atoms with van der Waals surface area (Å²) in [6.07, 6.45) is 2.42. The van der Waals surface area contributed by atoms with Gasteiger partial charge >= 0.3 is 0 Å². The van der Waals surface area contributed by atoms with Gasteiger partial charge in [0.05, 0.1) is 5.25 Å². The highest BCUT2D eigenvalue weighted by atomic mass is 32.2. The standard InChI is InChI=1S/C7H10N2OS/c10-6-4-8-7(9-6)5-2-1-3-11-5/h5H,1-4H2,(H,8,9,10). The number of nitrogens with one attached hydrogen (secondary N) is 1. The molecule has 3 nitrogen and oxygen atoms in total. The predicted molar refractivity (Wildman–Crippen MR) is 45.9 cm³/mol. The molecule has 1 N–H and O–H groups in total. The normalized spacial score (nSPS) is 30.4. The highest BCUT2D eigenvalue weighted by Crippen LogP contribution is 2.27. The minimum absolute atomic E-state index is 0.0486. The van der Waals surface area contributed by atoms with E-state index in [2.05, 4.69) is 10.3 Å². The Hall–Kier alpha value is -0.510. The number of amidine groups is 1. The minimum Gasteiger partial charge on any atom is -0.312 e. The van der Waals surface area contributed by atoms with Crippen molar-refractivity contribution < 1.29 is 4.79 Å². The Bertz CT molecular complexity index is 208. The SMILES string of the molecule is O=C1CN=C(C2CCCS2)N1. The lowest BCUT2D eigenvalue weighted by Crippen LogP contribution is -2.31. The molecular weight excluding hydrogens is 160 g/mol. The third-order valence-electron chi connectivity index (χ3n) is 1.90. The van der Waals surface area contributed by atoms with E-state index in [-0.39, 0.29) is 5.91 Å². The van der Waals surface area contributed by atoms with Crippen molar-refractivity contribution in [2.75, 3.05) is 12.3 Å². The molecule has 2 heterocycles. The van der Waals surface area contributed by atoms with E-state index in [1.54, 1.807) is 0 Å². The highest BCUT2D eigenvalue weighted by Gasteiger charge is 2.25. The van der Waals surface area contributed by atoms with Gasteiger partial charge in [0.1, 0.15) is 12.4 Å². The van der Waals surface area contributed by atoms with Crippen LogP contribution in [0.1, 0.15) is 12.8 Å². The lowest BCUT2D eigenvalue weighted by molar-refractivity contribution is -0.117. The van der Waals surface area contributed by atoms with E-state index in [1.807, 2.05) is 11.8 Å². The Morgan fingerprint density at radius 2 is 2.55 bits per heavy atom. The van der Waals surface area contributed by atoms with E-state index in [0.717, 1.165) is 5.84 Å². The van der Waals surface area contributed by atoms with Crippen LogP contribution in [0, 0.1) is 0 Å². The summed E-state index contributed by atoms with van der Waals surface area (Å²) in [6, 6.07) is 0. The van der Waals surface area contributed by atoms with E-state index < -0.39 is 0 Å². The van der Waals surface area contributed by atoms with Gasteiger partial charge in [-0.25, -0.2) is 0 Å². The number of nitrogens with zero attached hydrogens (tertiary/aromatic N) is 1. The maximum atomic E-state index is 10.8. The van der Waals surface area contributed by atoms with Gasteiger partial charge < -0.3 is 5.32 Å². The highest BCUT2D eigenvalue weighted by molar-refractivity contribution is 8.00. The molecule has 0 aromatic carbocycles. The summed E-state index contributed by atoms with van der Waals surface area (Å²) >= 11 is 1.90. The summed E-state index contributed by atoms with van der Waals surface area (Å²) in [4.78, 5) is 14.9. The number of hydrogen-bond donors (Lipinski definition) is 1. The van der Waals surface area contributed by atoms with Gasteiger partial charge in [0.25, 0.3) is 0 Å². The number of carbonyl (C=O) groups is 1. The molecule has 0 aliphatic carbocycles. The Balaban J connectivity index is 1.99. The second-order valence-corrected chi connectivity index (χ2v) is 4.06. The van der Waals surface area contributed by atoms with E-state index >= 15 is 0 Å². The number of carbonyl (C=O) groups excluding carboxylic acids is 1. The average Bonchev–Trinajstić information content (AvgIpc) is 2.55. The molecule has 1 fully saturated rings. The lowest BCUT2D eigenvalue weighted by atomic mass is 10.2. The van der Waals surface area contributed by atoms with Crippen LogP contribution in [0.5, 0.6) is 0 Å². The van der Waals surface area contributed by atoms with Gasteiger partial charge in [0.15, 0.2) is 0 Å². The van der Waals surface area contributed by atoms with Gasteiger partial charge in [0, 0.05) is 0 Å². The van der Waals surface area contributed by atoms with Crippen LogP contribution >= 0.6 is 11.8 Å². The first kappa shape index (κ1) is 7.16. The number of amides is 1. The van der Waals surface area contributed by atoms with Gasteiger partial charge in [-0.3, -0.25) is 9.79 Å². The number of hydrogen-bond acceptors (Lipinski definition) is 3. The van der Waals surface area contributed by atoms with Crippen LogP contribution in [0.15, 0.2) is 4.99 Å². The van der Waals surface area contributed by atoms with Gasteiger partial charge in [0.2, 0.25) is 5.91 Å². The van der Waals surface area contributed by atoms with Crippen LogP contribution in [0.4, 0.5) is 0 Å². The third-order valence-corrected chi connectivity index (χ3v) is 3.28. The third kappa shape index (κ3) is 1.40. The van der Waals surface area contributed by atoms with Gasteiger partial charge in [-0.1, -0.05) is 0 Å². The first-order valence-electron chi connectivity index (χ1n) is 3.82. The van der Waals surface area contributed by atoms with Crippen molar-refractivity contribution in [2.24, 2.45) is 4.99 Å². The van der Waals surface area contributed by atoms with Crippen LogP contribution in [0.25, 0.3) is 0 Å². The Morgan fingerprint density at radius 3 is 3.09 bits per heavy atom. The van der Waals surface area contributed by atoms with Crippen molar-refractivity contribution in [1.82, 2.24) is 5.32 Å². The Morgan fingerprint density at radius 1 is 1.64 bits per heavy atom. The van der Waals surface area contributed by atoms with Crippen LogP contribution in [0.2, 0.25) is 0 Å². The Labute approximate surface area is 69.6 Å². The monoisotopic (exact) mass is 170 g/mol. The molecule has 2 aliphatic heterocycles. The van der Waals surface area contributed by atoms with E-state index in [4.69, 9.17) is 0 Å². The van der Waals surface area contributed by atoms with Crippen molar-refractivity contribution in [2.45, 2.75) is 18.1 Å². The molecule has 11 heavy (non-hydrogen) atoms. The van der Waals surface area contributed by atoms with Gasteiger partial charge in [-0.15, -0.1) is 0 Å². The molecule has 0 saturated carbocycles. The minimum atomic E-state index is 0.0486. The molecule has 4 heteroatoms. The van der Waals surface area contributed by atoms with Crippen molar-refractivity contribution in [3.05, 3.63) is 0 Å². The first-order chi connectivity index (χ1) is 5.36. The maximum absolute atomic E-state index is 10.8. The van der Waals surface area contributed by atoms with Crippen molar-refractivity contribution in [3.8, 4) is 0 Å². The first-order valence-corrected chi connectivity index (χ1v) is 4.87. The summed E-state index contributed by atoms with van der Waals surface area (Å²) < 4.78 is 0. The molecule has 0 radical (unpaired) electrons. The molecule has 0 bridgehead atoms. The van der Waals surface area contributed by atoms with E-state index in [9.17, 15) is 4.79 Å². The molecule has 1 amide bonds. The van der Waals surface area contributed by atoms with Gasteiger partial charge in [-0.05, 0) is 18.6 Å². The summed E-state index contributed by atoms with van der Waals surface area (Å²) in [7, 11) is 0. The second-order valence-electron chi connectivity index (χ2n) is 2.75. The molecule has 2 rings (SSSR count). The average molecular weight is 170 g/mol. The predicted octanol–water partition coefficient (Wildman–Crippen LogP) is 0.410. The fraction of sp³-hybridized carbons (Fsp3) is 0.714. The van der Waals surface area contributed by atoms with Crippen LogP contribution in [0.3, 0.4) is 0 Å². The molecule has 0 aromatic heterocycles. The molecule has 1 unspecified atom stereocenters. The summed E-state index contributed by atoms with van der Waals surface area (Å²) in [6.45, 7) is 0.340. The van der Waals surface area contributed by atoms with Crippen LogP contribution in [-0.2, 0) is 4.79 Å². The zero-order chi connectivity index (χ0) is 7.68. The van der Waals surface area contributed by atoms with Crippen LogP contribution in [-0.4, -0.2) is 29.3 Å². The lowest BCUT2D eigenvalue weighted by Gasteiger charge is -2.06. The van der Waals surface area contributed by atoms with E-state index in [1.165, 1.54) is 18.6 Å². The molecule has 60 valence electrons. The number of thioether (sulfide) groups is 1. The summed E-state index contributed by atoms with van der Waals surface area (Å²) in [5.74, 6) is 2.17. The smallest absolute Gasteiger partial charge is 0.247 e. The topological polar surface area (TPSA) is 41.5 Å². The zero-order valence-electron chi connectivity index (χ0n) is 6.17. The summed E-state index contributed by atoms with van der Waals surface area (Å²) in [5, 5.41) is 3.26. The molecule has 0 spiro atoms. The summed E-state index contributed by atoms with van der Waals surface area (Å²) in [5.41, 5.74) is 0. The van der Waals surface area contributed by atoms with Crippen LogP contribution < -0.4 is 5.32 Å². The largest absolute Gasteiger partial charge is 0.312 e. The van der Waals surface area contributed by atoms with Crippen molar-refractivity contribution >= 4 is 23.5 Å². The maximum Gasteiger partial charge on any atom is 0.247 e. The molecule has 0 aromatic rings. The fourth-order valence-electron chi connectivity index (χ4n) is 1.35. The number of aliphatic imine (C=N–C) groups is 1. The molecular formula is C7H10N2OS.